The van der Waals surface area contributed by atoms with Gasteiger partial charge in [0.1, 0.15) is 5.60 Å². The van der Waals surface area contributed by atoms with Gasteiger partial charge < -0.3 is 4.74 Å². The molecule has 0 aliphatic carbocycles. The van der Waals surface area contributed by atoms with Crippen molar-refractivity contribution in [2.75, 3.05) is 5.33 Å². The van der Waals surface area contributed by atoms with Gasteiger partial charge in [-0.2, -0.15) is 0 Å². The lowest BCUT2D eigenvalue weighted by Gasteiger charge is -2.30. The molecule has 0 bridgehead atoms. The summed E-state index contributed by atoms with van der Waals surface area (Å²) in [5, 5.41) is 0.868. The molecule has 1 aromatic rings. The van der Waals surface area contributed by atoms with Crippen molar-refractivity contribution in [2.45, 2.75) is 37.9 Å². The van der Waals surface area contributed by atoms with Crippen molar-refractivity contribution in [3.05, 3.63) is 35.9 Å². The first-order valence-electron chi connectivity index (χ1n) is 5.40. The van der Waals surface area contributed by atoms with Crippen LogP contribution in [0, 0.1) is 0 Å². The van der Waals surface area contributed by atoms with Crippen LogP contribution >= 0.6 is 15.9 Å². The Hall–Kier alpha value is -0.340. The molecule has 1 aliphatic heterocycles. The average Bonchev–Trinajstić information content (AvgIpc) is 2.57. The summed E-state index contributed by atoms with van der Waals surface area (Å²) in [6.07, 6.45) is 2.21. The lowest BCUT2D eigenvalue weighted by molar-refractivity contribution is -0.0756. The van der Waals surface area contributed by atoms with Crippen LogP contribution in [-0.4, -0.2) is 10.9 Å². The van der Waals surface area contributed by atoms with Crippen molar-refractivity contribution in [3.8, 4) is 0 Å². The summed E-state index contributed by atoms with van der Waals surface area (Å²) in [7, 11) is 0. The molecule has 0 spiro atoms. The van der Waals surface area contributed by atoms with Gasteiger partial charge in [-0.25, -0.2) is 0 Å². The molecule has 2 rings (SSSR count). The van der Waals surface area contributed by atoms with E-state index in [-0.39, 0.29) is 11.2 Å². The number of hydrogen-bond acceptors (Lipinski definition) is 1. The molecular formula is C13H17BrO. The minimum Gasteiger partial charge on any atom is -0.364 e. The maximum absolute atomic E-state index is 6.22. The molecule has 0 amide bonds. The molecule has 2 heteroatoms. The molecule has 0 N–H and O–H groups in total. The molecule has 1 nitrogen and oxygen atoms in total. The van der Waals surface area contributed by atoms with Gasteiger partial charge in [-0.15, -0.1) is 0 Å². The van der Waals surface area contributed by atoms with E-state index < -0.39 is 0 Å². The van der Waals surface area contributed by atoms with Crippen LogP contribution in [0.15, 0.2) is 30.3 Å². The van der Waals surface area contributed by atoms with Gasteiger partial charge >= 0.3 is 0 Å². The second-order valence-electron chi connectivity index (χ2n) is 4.86. The zero-order valence-corrected chi connectivity index (χ0v) is 10.9. The van der Waals surface area contributed by atoms with E-state index in [1.54, 1.807) is 0 Å². The fourth-order valence-corrected chi connectivity index (χ4v) is 2.97. The molecule has 82 valence electrons. The molecule has 1 atom stereocenters. The highest BCUT2D eigenvalue weighted by Crippen LogP contribution is 2.45. The SMILES string of the molecule is CC1(C)CCC(CBr)(c2ccccc2)O1. The van der Waals surface area contributed by atoms with Gasteiger partial charge in [0.2, 0.25) is 0 Å². The molecule has 1 unspecified atom stereocenters. The summed E-state index contributed by atoms with van der Waals surface area (Å²) in [6, 6.07) is 10.5. The van der Waals surface area contributed by atoms with E-state index in [0.717, 1.165) is 18.2 Å². The van der Waals surface area contributed by atoms with Crippen LogP contribution in [0.5, 0.6) is 0 Å². The van der Waals surface area contributed by atoms with Gasteiger partial charge in [-0.1, -0.05) is 46.3 Å². The number of halogens is 1. The van der Waals surface area contributed by atoms with Gasteiger partial charge in [0.05, 0.1) is 5.60 Å². The lowest BCUT2D eigenvalue weighted by atomic mass is 9.92. The molecule has 1 aromatic carbocycles. The minimum atomic E-state index is -0.120. The Morgan fingerprint density at radius 2 is 1.87 bits per heavy atom. The molecule has 1 heterocycles. The number of benzene rings is 1. The van der Waals surface area contributed by atoms with E-state index in [0.29, 0.717) is 0 Å². The van der Waals surface area contributed by atoms with Crippen molar-refractivity contribution in [1.29, 1.82) is 0 Å². The first kappa shape index (κ1) is 11.2. The lowest BCUT2D eigenvalue weighted by Crippen LogP contribution is -2.31. The molecule has 1 saturated heterocycles. The number of hydrogen-bond donors (Lipinski definition) is 0. The highest BCUT2D eigenvalue weighted by atomic mass is 79.9. The Morgan fingerprint density at radius 1 is 1.20 bits per heavy atom. The number of alkyl halides is 1. The van der Waals surface area contributed by atoms with Crippen LogP contribution in [0.1, 0.15) is 32.3 Å². The van der Waals surface area contributed by atoms with E-state index in [9.17, 15) is 0 Å². The second kappa shape index (κ2) is 3.91. The molecule has 15 heavy (non-hydrogen) atoms. The van der Waals surface area contributed by atoms with Crippen molar-refractivity contribution in [2.24, 2.45) is 0 Å². The fourth-order valence-electron chi connectivity index (χ4n) is 2.25. The third-order valence-corrected chi connectivity index (χ3v) is 4.02. The zero-order chi connectivity index (χ0) is 10.9. The summed E-state index contributed by atoms with van der Waals surface area (Å²) in [6.45, 7) is 4.33. The standard InChI is InChI=1S/C13H17BrO/c1-12(2)8-9-13(10-14,15-12)11-6-4-3-5-7-11/h3-7H,8-10H2,1-2H3. The molecule has 0 radical (unpaired) electrons. The van der Waals surface area contributed by atoms with E-state index in [4.69, 9.17) is 4.74 Å². The fraction of sp³-hybridized carbons (Fsp3) is 0.538. The van der Waals surface area contributed by atoms with Crippen molar-refractivity contribution >= 4 is 15.9 Å². The van der Waals surface area contributed by atoms with E-state index in [1.807, 2.05) is 6.07 Å². The molecule has 1 aliphatic rings. The second-order valence-corrected chi connectivity index (χ2v) is 5.42. The van der Waals surface area contributed by atoms with Crippen LogP contribution in [0.2, 0.25) is 0 Å². The first-order valence-corrected chi connectivity index (χ1v) is 6.52. The van der Waals surface area contributed by atoms with Gasteiger partial charge in [-0.05, 0) is 32.3 Å². The highest BCUT2D eigenvalue weighted by molar-refractivity contribution is 9.09. The maximum atomic E-state index is 6.22. The summed E-state index contributed by atoms with van der Waals surface area (Å²) < 4.78 is 6.22. The smallest absolute Gasteiger partial charge is 0.104 e. The predicted molar refractivity (Wildman–Crippen MR) is 66.3 cm³/mol. The van der Waals surface area contributed by atoms with Crippen molar-refractivity contribution in [3.63, 3.8) is 0 Å². The zero-order valence-electron chi connectivity index (χ0n) is 9.29. The average molecular weight is 269 g/mol. The highest BCUT2D eigenvalue weighted by Gasteiger charge is 2.44. The Balaban J connectivity index is 2.32. The Bertz CT molecular complexity index is 334. The normalized spacial score (nSPS) is 29.3. The summed E-state index contributed by atoms with van der Waals surface area (Å²) in [5.41, 5.74) is 1.17. The molecule has 0 saturated carbocycles. The van der Waals surface area contributed by atoms with E-state index in [1.165, 1.54) is 5.56 Å². The summed E-state index contributed by atoms with van der Waals surface area (Å²) in [4.78, 5) is 0. The van der Waals surface area contributed by atoms with Crippen molar-refractivity contribution < 1.29 is 4.74 Å². The predicted octanol–water partition coefficient (Wildman–Crippen LogP) is 3.87. The van der Waals surface area contributed by atoms with E-state index >= 15 is 0 Å². The number of ether oxygens (including phenoxy) is 1. The van der Waals surface area contributed by atoms with Crippen LogP contribution < -0.4 is 0 Å². The van der Waals surface area contributed by atoms with Gasteiger partial charge in [0, 0.05) is 5.33 Å². The van der Waals surface area contributed by atoms with Crippen molar-refractivity contribution in [1.82, 2.24) is 0 Å². The minimum absolute atomic E-state index is 0.00358. The Morgan fingerprint density at radius 3 is 2.33 bits per heavy atom. The summed E-state index contributed by atoms with van der Waals surface area (Å²) >= 11 is 3.60. The number of rotatable bonds is 2. The Kier molecular flexibility index (Phi) is 2.91. The third kappa shape index (κ3) is 2.11. The van der Waals surface area contributed by atoms with Crippen LogP contribution in [0.25, 0.3) is 0 Å². The molecular weight excluding hydrogens is 252 g/mol. The van der Waals surface area contributed by atoms with Gasteiger partial charge in [0.25, 0.3) is 0 Å². The van der Waals surface area contributed by atoms with Gasteiger partial charge in [-0.3, -0.25) is 0 Å². The Labute approximate surface area is 100.0 Å². The van der Waals surface area contributed by atoms with Gasteiger partial charge in [0.15, 0.2) is 0 Å². The third-order valence-electron chi connectivity index (χ3n) is 3.12. The summed E-state index contributed by atoms with van der Waals surface area (Å²) in [5.74, 6) is 0. The van der Waals surface area contributed by atoms with Crippen LogP contribution in [-0.2, 0) is 10.3 Å². The van der Waals surface area contributed by atoms with E-state index in [2.05, 4.69) is 54.0 Å². The largest absolute Gasteiger partial charge is 0.364 e. The quantitative estimate of drug-likeness (QED) is 0.741. The first-order chi connectivity index (χ1) is 7.08. The monoisotopic (exact) mass is 268 g/mol. The van der Waals surface area contributed by atoms with Crippen LogP contribution in [0.3, 0.4) is 0 Å². The molecule has 0 aromatic heterocycles. The topological polar surface area (TPSA) is 9.23 Å². The van der Waals surface area contributed by atoms with Crippen LogP contribution in [0.4, 0.5) is 0 Å². The maximum Gasteiger partial charge on any atom is 0.104 e. The molecule has 1 fully saturated rings.